The molecule has 4 nitrogen and oxygen atoms in total. The zero-order valence-electron chi connectivity index (χ0n) is 17.4. The Kier molecular flexibility index (Phi) is 5.20. The molecule has 4 aromatic rings. The number of fused-ring (bicyclic) bond motifs is 1. The first-order valence-corrected chi connectivity index (χ1v) is 11.4. The average Bonchev–Trinajstić information content (AvgIpc) is 3.48. The first kappa shape index (κ1) is 19.8. The van der Waals surface area contributed by atoms with Crippen LogP contribution in [0.15, 0.2) is 72.8 Å². The van der Waals surface area contributed by atoms with Gasteiger partial charge in [-0.15, -0.1) is 11.3 Å². The van der Waals surface area contributed by atoms with E-state index in [2.05, 4.69) is 23.5 Å². The van der Waals surface area contributed by atoms with Gasteiger partial charge in [0, 0.05) is 5.56 Å². The van der Waals surface area contributed by atoms with Crippen molar-refractivity contribution >= 4 is 33.1 Å². The Morgan fingerprint density at radius 1 is 1.00 bits per heavy atom. The summed E-state index contributed by atoms with van der Waals surface area (Å²) in [7, 11) is 1.63. The number of nitrogens with one attached hydrogen (secondary N) is 1. The summed E-state index contributed by atoms with van der Waals surface area (Å²) in [5, 5.41) is 4.13. The van der Waals surface area contributed by atoms with Crippen molar-refractivity contribution in [3.8, 4) is 16.3 Å². The van der Waals surface area contributed by atoms with Gasteiger partial charge in [0.1, 0.15) is 10.8 Å². The van der Waals surface area contributed by atoms with E-state index < -0.39 is 5.41 Å². The highest BCUT2D eigenvalue weighted by Gasteiger charge is 2.42. The van der Waals surface area contributed by atoms with Crippen molar-refractivity contribution in [1.82, 2.24) is 4.98 Å². The molecule has 1 aliphatic rings. The fourth-order valence-electron chi connectivity index (χ4n) is 4.56. The number of benzene rings is 3. The van der Waals surface area contributed by atoms with Crippen LogP contribution in [-0.2, 0) is 10.2 Å². The molecule has 1 N–H and O–H groups in total. The smallest absolute Gasteiger partial charge is 0.235 e. The molecule has 1 fully saturated rings. The van der Waals surface area contributed by atoms with E-state index in [1.165, 1.54) is 0 Å². The Balaban J connectivity index is 1.50. The molecule has 3 aromatic carbocycles. The molecule has 0 radical (unpaired) electrons. The van der Waals surface area contributed by atoms with Gasteiger partial charge in [0.25, 0.3) is 0 Å². The molecule has 1 amide bonds. The number of hydrogen-bond donors (Lipinski definition) is 1. The highest BCUT2D eigenvalue weighted by molar-refractivity contribution is 7.21. The van der Waals surface area contributed by atoms with Gasteiger partial charge in [0.2, 0.25) is 5.91 Å². The van der Waals surface area contributed by atoms with Crippen molar-refractivity contribution in [2.75, 3.05) is 12.4 Å². The van der Waals surface area contributed by atoms with Crippen LogP contribution >= 0.6 is 11.3 Å². The minimum absolute atomic E-state index is 0.0379. The molecule has 0 atom stereocenters. The third kappa shape index (κ3) is 3.59. The maximum absolute atomic E-state index is 13.6. The average molecular weight is 429 g/mol. The van der Waals surface area contributed by atoms with E-state index >= 15 is 0 Å². The first-order valence-electron chi connectivity index (χ1n) is 10.6. The molecule has 0 aliphatic heterocycles. The molecule has 0 spiro atoms. The molecule has 1 aromatic heterocycles. The molecule has 1 saturated carbocycles. The number of ether oxygens (including phenoxy) is 1. The zero-order chi connectivity index (χ0) is 21.3. The lowest BCUT2D eigenvalue weighted by Gasteiger charge is -2.28. The van der Waals surface area contributed by atoms with E-state index in [0.29, 0.717) is 11.4 Å². The summed E-state index contributed by atoms with van der Waals surface area (Å²) in [4.78, 5) is 18.4. The normalized spacial score (nSPS) is 15.1. The third-order valence-electron chi connectivity index (χ3n) is 6.21. The first-order chi connectivity index (χ1) is 15.2. The number of carbonyl (C=O) groups is 1. The van der Waals surface area contributed by atoms with Crippen LogP contribution in [0.4, 0.5) is 5.69 Å². The predicted molar refractivity (Wildman–Crippen MR) is 127 cm³/mol. The third-order valence-corrected chi connectivity index (χ3v) is 7.29. The summed E-state index contributed by atoms with van der Waals surface area (Å²) >= 11 is 1.65. The summed E-state index contributed by atoms with van der Waals surface area (Å²) in [6.45, 7) is 0. The molecule has 1 heterocycles. The van der Waals surface area contributed by atoms with Crippen LogP contribution in [0, 0.1) is 0 Å². The minimum Gasteiger partial charge on any atom is -0.495 e. The van der Waals surface area contributed by atoms with Crippen LogP contribution in [0.1, 0.15) is 31.2 Å². The Morgan fingerprint density at radius 3 is 2.48 bits per heavy atom. The van der Waals surface area contributed by atoms with Crippen molar-refractivity contribution in [3.63, 3.8) is 0 Å². The number of carbonyl (C=O) groups excluding carboxylic acids is 1. The monoisotopic (exact) mass is 428 g/mol. The van der Waals surface area contributed by atoms with E-state index in [4.69, 9.17) is 9.72 Å². The second kappa shape index (κ2) is 8.16. The molecule has 0 bridgehead atoms. The van der Waals surface area contributed by atoms with Gasteiger partial charge in [-0.25, -0.2) is 4.98 Å². The topological polar surface area (TPSA) is 51.2 Å². The van der Waals surface area contributed by atoms with Gasteiger partial charge >= 0.3 is 0 Å². The van der Waals surface area contributed by atoms with Crippen molar-refractivity contribution < 1.29 is 9.53 Å². The fourth-order valence-corrected chi connectivity index (χ4v) is 5.52. The molecular formula is C26H24N2O2S. The van der Waals surface area contributed by atoms with Gasteiger partial charge in [-0.2, -0.15) is 0 Å². The lowest BCUT2D eigenvalue weighted by Crippen LogP contribution is -2.38. The molecule has 156 valence electrons. The van der Waals surface area contributed by atoms with Crippen LogP contribution in [0.25, 0.3) is 20.8 Å². The molecule has 5 heteroatoms. The summed E-state index contributed by atoms with van der Waals surface area (Å²) in [6, 6.07) is 24.1. The largest absolute Gasteiger partial charge is 0.495 e. The number of thiazole rings is 1. The number of amides is 1. The maximum atomic E-state index is 13.6. The van der Waals surface area contributed by atoms with Crippen LogP contribution in [0.2, 0.25) is 0 Å². The number of rotatable bonds is 5. The number of aromatic nitrogens is 1. The Hall–Kier alpha value is -3.18. The Bertz CT molecular complexity index is 1190. The van der Waals surface area contributed by atoms with Crippen molar-refractivity contribution in [2.24, 2.45) is 0 Å². The van der Waals surface area contributed by atoms with Crippen molar-refractivity contribution in [2.45, 2.75) is 31.1 Å². The molecule has 1 aliphatic carbocycles. The standard InChI is InChI=1S/C26H24N2O2S/c1-30-22-14-13-18(24-27-20-11-5-6-12-23(20)31-24)17-21(22)28-25(29)26(15-7-8-16-26)19-9-3-2-4-10-19/h2-6,9-14,17H,7-8,15-16H2,1H3,(H,28,29). The van der Waals surface area contributed by atoms with E-state index in [9.17, 15) is 4.79 Å². The van der Waals surface area contributed by atoms with Gasteiger partial charge in [0.05, 0.1) is 28.4 Å². The van der Waals surface area contributed by atoms with Gasteiger partial charge < -0.3 is 10.1 Å². The van der Waals surface area contributed by atoms with Gasteiger partial charge in [0.15, 0.2) is 0 Å². The van der Waals surface area contributed by atoms with Crippen LogP contribution in [0.5, 0.6) is 5.75 Å². The second-order valence-corrected chi connectivity index (χ2v) is 9.04. The van der Waals surface area contributed by atoms with Crippen LogP contribution < -0.4 is 10.1 Å². The van der Waals surface area contributed by atoms with Crippen LogP contribution in [0.3, 0.4) is 0 Å². The molecule has 5 rings (SSSR count). The van der Waals surface area contributed by atoms with E-state index in [-0.39, 0.29) is 5.91 Å². The van der Waals surface area contributed by atoms with Gasteiger partial charge in [-0.1, -0.05) is 55.3 Å². The highest BCUT2D eigenvalue weighted by atomic mass is 32.1. The molecular weight excluding hydrogens is 404 g/mol. The number of hydrogen-bond acceptors (Lipinski definition) is 4. The number of anilines is 1. The molecule has 31 heavy (non-hydrogen) atoms. The lowest BCUT2D eigenvalue weighted by atomic mass is 9.78. The van der Waals surface area contributed by atoms with Gasteiger partial charge in [-0.3, -0.25) is 4.79 Å². The summed E-state index contributed by atoms with van der Waals surface area (Å²) < 4.78 is 6.71. The quantitative estimate of drug-likeness (QED) is 0.399. The Morgan fingerprint density at radius 2 is 1.74 bits per heavy atom. The Labute approximate surface area is 185 Å². The lowest BCUT2D eigenvalue weighted by molar-refractivity contribution is -0.121. The summed E-state index contributed by atoms with van der Waals surface area (Å²) in [6.07, 6.45) is 3.85. The zero-order valence-corrected chi connectivity index (χ0v) is 18.2. The second-order valence-electron chi connectivity index (χ2n) is 8.01. The van der Waals surface area contributed by atoms with E-state index in [1.54, 1.807) is 18.4 Å². The van der Waals surface area contributed by atoms with Crippen LogP contribution in [-0.4, -0.2) is 18.0 Å². The predicted octanol–water partition coefficient (Wildman–Crippen LogP) is 6.42. The fraction of sp³-hybridized carbons (Fsp3) is 0.231. The minimum atomic E-state index is -0.488. The molecule has 0 unspecified atom stereocenters. The number of nitrogens with zero attached hydrogens (tertiary/aromatic N) is 1. The summed E-state index contributed by atoms with van der Waals surface area (Å²) in [5.74, 6) is 0.690. The van der Waals surface area contributed by atoms with E-state index in [0.717, 1.165) is 52.0 Å². The van der Waals surface area contributed by atoms with Gasteiger partial charge in [-0.05, 0) is 48.7 Å². The van der Waals surface area contributed by atoms with Crippen molar-refractivity contribution in [3.05, 3.63) is 78.4 Å². The highest BCUT2D eigenvalue weighted by Crippen LogP contribution is 2.43. The SMILES string of the molecule is COc1ccc(-c2nc3ccccc3s2)cc1NC(=O)C1(c2ccccc2)CCCC1. The summed E-state index contributed by atoms with van der Waals surface area (Å²) in [5.41, 5.74) is 3.24. The van der Waals surface area contributed by atoms with E-state index in [1.807, 2.05) is 54.6 Å². The number of methoxy groups -OCH3 is 1. The number of para-hydroxylation sites is 1. The molecule has 0 saturated heterocycles. The maximum Gasteiger partial charge on any atom is 0.235 e. The van der Waals surface area contributed by atoms with Crippen molar-refractivity contribution in [1.29, 1.82) is 0 Å².